The van der Waals surface area contributed by atoms with Crippen LogP contribution >= 0.6 is 0 Å². The van der Waals surface area contributed by atoms with E-state index in [4.69, 9.17) is 4.42 Å². The Balaban J connectivity index is 2.45. The summed E-state index contributed by atoms with van der Waals surface area (Å²) < 4.78 is 6.29. The molecule has 84 valence electrons. The van der Waals surface area contributed by atoms with Crippen LogP contribution in [0.1, 0.15) is 11.7 Å². The predicted octanol–water partition coefficient (Wildman–Crippen LogP) is 1.75. The Morgan fingerprint density at radius 2 is 2.12 bits per heavy atom. The van der Waals surface area contributed by atoms with Crippen LogP contribution in [0.2, 0.25) is 0 Å². The van der Waals surface area contributed by atoms with Crippen LogP contribution in [0.3, 0.4) is 0 Å². The molecule has 0 radical (unpaired) electrons. The highest BCUT2D eigenvalue weighted by Gasteiger charge is 2.19. The molecule has 0 spiro atoms. The number of fused-ring (bicyclic) bond motifs is 2. The van der Waals surface area contributed by atoms with Crippen molar-refractivity contribution in [3.05, 3.63) is 40.7 Å². The van der Waals surface area contributed by atoms with E-state index in [-0.39, 0.29) is 5.89 Å². The fourth-order valence-electron chi connectivity index (χ4n) is 1.76. The van der Waals surface area contributed by atoms with Gasteiger partial charge < -0.3 is 4.42 Å². The van der Waals surface area contributed by atoms with Gasteiger partial charge in [-0.3, -0.25) is 9.59 Å². The van der Waals surface area contributed by atoms with Crippen molar-refractivity contribution in [3.63, 3.8) is 0 Å². The van der Waals surface area contributed by atoms with Crippen molar-refractivity contribution >= 4 is 16.9 Å². The Kier molecular flexibility index (Phi) is 1.89. The third kappa shape index (κ3) is 1.36. The van der Waals surface area contributed by atoms with Crippen LogP contribution in [0.15, 0.2) is 39.5 Å². The molecular formula is C12H8N2O3. The number of benzene rings is 1. The van der Waals surface area contributed by atoms with Crippen LogP contribution < -0.4 is 5.56 Å². The van der Waals surface area contributed by atoms with Crippen LogP contribution in [0.5, 0.6) is 0 Å². The summed E-state index contributed by atoms with van der Waals surface area (Å²) in [6.45, 7) is 1.28. The summed E-state index contributed by atoms with van der Waals surface area (Å²) in [5.74, 6) is -0.241. The average Bonchev–Trinajstić information content (AvgIpc) is 2.64. The van der Waals surface area contributed by atoms with Gasteiger partial charge in [0.25, 0.3) is 5.56 Å². The van der Waals surface area contributed by atoms with Crippen molar-refractivity contribution in [2.24, 2.45) is 0 Å². The van der Waals surface area contributed by atoms with Crippen LogP contribution in [0, 0.1) is 0 Å². The lowest BCUT2D eigenvalue weighted by Crippen LogP contribution is -2.21. The van der Waals surface area contributed by atoms with Crippen molar-refractivity contribution in [3.8, 4) is 11.5 Å². The molecule has 0 saturated carbocycles. The van der Waals surface area contributed by atoms with E-state index in [1.165, 1.54) is 6.92 Å². The van der Waals surface area contributed by atoms with Crippen molar-refractivity contribution in [1.82, 2.24) is 9.78 Å². The molecule has 0 aliphatic carbocycles. The summed E-state index contributed by atoms with van der Waals surface area (Å²) >= 11 is 0. The van der Waals surface area contributed by atoms with Crippen molar-refractivity contribution < 1.29 is 9.21 Å². The first-order valence-corrected chi connectivity index (χ1v) is 5.09. The molecule has 3 rings (SSSR count). The average molecular weight is 228 g/mol. The number of carbonyl (C=O) groups excluding carboxylic acids is 1. The minimum atomic E-state index is -0.443. The number of para-hydroxylation sites is 1. The maximum atomic E-state index is 11.8. The molecule has 1 aromatic carbocycles. The van der Waals surface area contributed by atoms with Crippen LogP contribution in [0.4, 0.5) is 0 Å². The first kappa shape index (κ1) is 9.77. The molecule has 0 bridgehead atoms. The number of aromatic nitrogens is 2. The van der Waals surface area contributed by atoms with Gasteiger partial charge >= 0.3 is 0 Å². The van der Waals surface area contributed by atoms with Gasteiger partial charge in [0.2, 0.25) is 11.8 Å². The van der Waals surface area contributed by atoms with Gasteiger partial charge in [-0.05, 0) is 12.1 Å². The van der Waals surface area contributed by atoms with Gasteiger partial charge in [-0.2, -0.15) is 4.68 Å². The van der Waals surface area contributed by atoms with E-state index in [2.05, 4.69) is 5.10 Å². The molecule has 5 heteroatoms. The predicted molar refractivity (Wildman–Crippen MR) is 61.2 cm³/mol. The zero-order valence-corrected chi connectivity index (χ0v) is 9.01. The van der Waals surface area contributed by atoms with Crippen LogP contribution in [-0.2, 0) is 0 Å². The largest absolute Gasteiger partial charge is 0.436 e. The zero-order valence-electron chi connectivity index (χ0n) is 9.01. The Hall–Kier alpha value is -2.43. The second-order valence-corrected chi connectivity index (χ2v) is 3.74. The number of nitrogens with zero attached hydrogens (tertiary/aromatic N) is 2. The molecule has 0 unspecified atom stereocenters. The minimum Gasteiger partial charge on any atom is -0.436 e. The molecule has 2 aliphatic rings. The molecule has 0 atom stereocenters. The second-order valence-electron chi connectivity index (χ2n) is 3.74. The number of hydrogen-bond donors (Lipinski definition) is 0. The minimum absolute atomic E-state index is 0.184. The zero-order chi connectivity index (χ0) is 12.0. The molecule has 0 fully saturated rings. The number of hydrogen-bond acceptors (Lipinski definition) is 4. The molecular weight excluding hydrogens is 220 g/mol. The molecule has 0 amide bonds. The number of rotatable bonds is 0. The third-order valence-corrected chi connectivity index (χ3v) is 2.57. The van der Waals surface area contributed by atoms with E-state index < -0.39 is 11.5 Å². The summed E-state index contributed by atoms with van der Waals surface area (Å²) in [5.41, 5.74) is 0.508. The van der Waals surface area contributed by atoms with E-state index in [1.807, 2.05) is 18.2 Å². The molecule has 5 nitrogen and oxygen atoms in total. The monoisotopic (exact) mass is 228 g/mol. The van der Waals surface area contributed by atoms with E-state index >= 15 is 0 Å². The van der Waals surface area contributed by atoms with Crippen molar-refractivity contribution in [2.75, 3.05) is 0 Å². The van der Waals surface area contributed by atoms with Gasteiger partial charge in [0, 0.05) is 12.3 Å². The summed E-state index contributed by atoms with van der Waals surface area (Å²) in [4.78, 5) is 23.0. The Morgan fingerprint density at radius 1 is 1.35 bits per heavy atom. The van der Waals surface area contributed by atoms with Gasteiger partial charge in [-0.25, -0.2) is 0 Å². The molecule has 1 aromatic rings. The molecule has 0 saturated heterocycles. The highest BCUT2D eigenvalue weighted by atomic mass is 16.3. The summed E-state index contributed by atoms with van der Waals surface area (Å²) in [7, 11) is 0. The molecule has 0 N–H and O–H groups in total. The first-order valence-electron chi connectivity index (χ1n) is 5.09. The lowest BCUT2D eigenvalue weighted by Gasteiger charge is -1.98. The van der Waals surface area contributed by atoms with Gasteiger partial charge in [0.1, 0.15) is 11.1 Å². The SMILES string of the molecule is CC(=O)n1nc2oc3ccccc3cc-2c1=O. The fourth-order valence-corrected chi connectivity index (χ4v) is 1.76. The topological polar surface area (TPSA) is 65.1 Å². The van der Waals surface area contributed by atoms with E-state index in [0.717, 1.165) is 10.1 Å². The highest BCUT2D eigenvalue weighted by molar-refractivity contribution is 5.83. The maximum absolute atomic E-state index is 11.8. The smallest absolute Gasteiger partial charge is 0.286 e. The summed E-state index contributed by atoms with van der Waals surface area (Å²) in [6, 6.07) is 8.99. The molecule has 2 heterocycles. The highest BCUT2D eigenvalue weighted by Crippen LogP contribution is 2.23. The van der Waals surface area contributed by atoms with Crippen LogP contribution in [0.25, 0.3) is 22.4 Å². The Morgan fingerprint density at radius 3 is 2.88 bits per heavy atom. The Bertz CT molecular complexity index is 754. The van der Waals surface area contributed by atoms with Gasteiger partial charge in [0.15, 0.2) is 0 Å². The normalized spacial score (nSPS) is 11.1. The summed E-state index contributed by atoms with van der Waals surface area (Å²) in [6.07, 6.45) is 0. The van der Waals surface area contributed by atoms with Crippen molar-refractivity contribution in [1.29, 1.82) is 0 Å². The number of carbonyl (C=O) groups is 1. The standard InChI is InChI=1S/C12H8N2O3/c1-7(15)14-12(16)9-6-8-4-2-3-5-10(8)17-11(9)13-14/h2-6H,1H3. The molecule has 0 aromatic heterocycles. The first-order chi connectivity index (χ1) is 8.16. The van der Waals surface area contributed by atoms with E-state index in [0.29, 0.717) is 11.1 Å². The van der Waals surface area contributed by atoms with E-state index in [9.17, 15) is 9.59 Å². The fraction of sp³-hybridized carbons (Fsp3) is 0.0833. The lowest BCUT2D eigenvalue weighted by molar-refractivity contribution is 0.0917. The van der Waals surface area contributed by atoms with E-state index in [1.54, 1.807) is 12.1 Å². The molecule has 2 aliphatic heterocycles. The second kappa shape index (κ2) is 3.28. The van der Waals surface area contributed by atoms with Gasteiger partial charge in [-0.1, -0.05) is 18.2 Å². The quantitative estimate of drug-likeness (QED) is 0.588. The van der Waals surface area contributed by atoms with Crippen LogP contribution in [-0.4, -0.2) is 15.7 Å². The van der Waals surface area contributed by atoms with Crippen molar-refractivity contribution in [2.45, 2.75) is 6.92 Å². The third-order valence-electron chi connectivity index (χ3n) is 2.57. The molecule has 17 heavy (non-hydrogen) atoms. The van der Waals surface area contributed by atoms with Gasteiger partial charge in [0.05, 0.1) is 0 Å². The Labute approximate surface area is 95.6 Å². The van der Waals surface area contributed by atoms with Gasteiger partial charge in [-0.15, -0.1) is 5.10 Å². The summed E-state index contributed by atoms with van der Waals surface area (Å²) in [5, 5.41) is 4.66. The maximum Gasteiger partial charge on any atom is 0.286 e. The lowest BCUT2D eigenvalue weighted by atomic mass is 10.2.